The van der Waals surface area contributed by atoms with E-state index in [1.807, 2.05) is 4.72 Å². The van der Waals surface area contributed by atoms with Gasteiger partial charge in [-0.25, -0.2) is 22.2 Å². The van der Waals surface area contributed by atoms with Crippen LogP contribution in [0.3, 0.4) is 0 Å². The lowest BCUT2D eigenvalue weighted by Crippen LogP contribution is -2.17. The van der Waals surface area contributed by atoms with E-state index in [0.29, 0.717) is 17.1 Å². The summed E-state index contributed by atoms with van der Waals surface area (Å²) in [6.07, 6.45) is -0.271. The zero-order valence-electron chi connectivity index (χ0n) is 15.9. The van der Waals surface area contributed by atoms with E-state index in [0.717, 1.165) is 18.2 Å². The van der Waals surface area contributed by atoms with E-state index in [1.54, 1.807) is 18.2 Å². The van der Waals surface area contributed by atoms with Crippen LogP contribution in [-0.4, -0.2) is 27.6 Å². The number of aromatic nitrogens is 1. The Balaban J connectivity index is 2.00. The lowest BCUT2D eigenvalue weighted by atomic mass is 10.0. The number of benzene rings is 2. The number of pyridine rings is 1. The van der Waals surface area contributed by atoms with Gasteiger partial charge in [0, 0.05) is 18.1 Å². The summed E-state index contributed by atoms with van der Waals surface area (Å²) < 4.78 is 80.1. The van der Waals surface area contributed by atoms with Gasteiger partial charge < -0.3 is 9.47 Å². The summed E-state index contributed by atoms with van der Waals surface area (Å²) in [7, 11) is -1.64. The molecule has 0 saturated carbocycles. The Bertz CT molecular complexity index is 1190. The minimum atomic E-state index is -4.49. The highest BCUT2D eigenvalue weighted by Gasteiger charge is 2.25. The molecule has 6 nitrogen and oxygen atoms in total. The summed E-state index contributed by atoms with van der Waals surface area (Å²) in [6.45, 7) is 0. The Kier molecular flexibility index (Phi) is 6.16. The maximum atomic E-state index is 15.1. The summed E-state index contributed by atoms with van der Waals surface area (Å²) in [5.74, 6) is -2.63. The Hall–Kier alpha value is -3.27. The van der Waals surface area contributed by atoms with Crippen molar-refractivity contribution in [2.24, 2.45) is 0 Å². The molecule has 1 aromatic heterocycles. The first-order valence-corrected chi connectivity index (χ1v) is 10.1. The second-order valence-electron chi connectivity index (χ2n) is 6.14. The molecule has 3 aromatic rings. The Morgan fingerprint density at radius 2 is 1.77 bits per heavy atom. The molecule has 1 N–H and O–H groups in total. The fourth-order valence-corrected chi connectivity index (χ4v) is 3.90. The van der Waals surface area contributed by atoms with Gasteiger partial charge in [0.05, 0.1) is 14.2 Å². The first kappa shape index (κ1) is 21.4. The third-order valence-electron chi connectivity index (χ3n) is 4.26. The van der Waals surface area contributed by atoms with E-state index in [1.165, 1.54) is 26.4 Å². The number of rotatable bonds is 7. The fourth-order valence-electron chi connectivity index (χ4n) is 2.79. The van der Waals surface area contributed by atoms with E-state index in [9.17, 15) is 17.2 Å². The van der Waals surface area contributed by atoms with Crippen LogP contribution < -0.4 is 14.2 Å². The number of nitrogens with zero attached hydrogens (tertiary/aromatic N) is 1. The third kappa shape index (κ3) is 4.48. The number of sulfonamides is 1. The molecule has 0 spiro atoms. The van der Waals surface area contributed by atoms with Crippen molar-refractivity contribution in [3.8, 4) is 11.5 Å². The number of hydrogen-bond acceptors (Lipinski definition) is 5. The molecule has 0 bridgehead atoms. The fraction of sp³-hybridized carbons (Fsp3) is 0.150. The number of halogens is 3. The quantitative estimate of drug-likeness (QED) is 0.566. The van der Waals surface area contributed by atoms with Crippen LogP contribution in [0.4, 0.5) is 19.0 Å². The van der Waals surface area contributed by atoms with Crippen molar-refractivity contribution < 1.29 is 31.1 Å². The smallest absolute Gasteiger partial charge is 0.265 e. The number of anilines is 1. The molecule has 0 amide bonds. The number of ether oxygens (including phenoxy) is 2. The van der Waals surface area contributed by atoms with Gasteiger partial charge in [-0.05, 0) is 35.9 Å². The van der Waals surface area contributed by atoms with Gasteiger partial charge in [0.25, 0.3) is 10.0 Å². The van der Waals surface area contributed by atoms with Gasteiger partial charge in [-0.1, -0.05) is 12.1 Å². The second kappa shape index (κ2) is 8.62. The first-order valence-electron chi connectivity index (χ1n) is 8.58. The normalized spacial score (nSPS) is 11.2. The van der Waals surface area contributed by atoms with Crippen LogP contribution in [0.5, 0.6) is 11.5 Å². The van der Waals surface area contributed by atoms with Gasteiger partial charge in [0.2, 0.25) is 5.95 Å². The van der Waals surface area contributed by atoms with Crippen LogP contribution in [0.15, 0.2) is 53.4 Å². The summed E-state index contributed by atoms with van der Waals surface area (Å²) >= 11 is 0. The predicted molar refractivity (Wildman–Crippen MR) is 104 cm³/mol. The molecule has 0 saturated heterocycles. The summed E-state index contributed by atoms with van der Waals surface area (Å²) in [4.78, 5) is 2.58. The van der Waals surface area contributed by atoms with E-state index in [-0.39, 0.29) is 12.2 Å². The van der Waals surface area contributed by atoms with E-state index < -0.39 is 38.1 Å². The molecule has 0 aliphatic carbocycles. The molecule has 3 rings (SSSR count). The third-order valence-corrected chi connectivity index (χ3v) is 5.63. The topological polar surface area (TPSA) is 77.5 Å². The average Bonchev–Trinajstić information content (AvgIpc) is 2.70. The van der Waals surface area contributed by atoms with Crippen LogP contribution in [0, 0.1) is 17.6 Å². The average molecular weight is 438 g/mol. The highest BCUT2D eigenvalue weighted by Crippen LogP contribution is 2.30. The Morgan fingerprint density at radius 1 is 1.00 bits per heavy atom. The maximum absolute atomic E-state index is 15.1. The number of methoxy groups -OCH3 is 2. The monoisotopic (exact) mass is 438 g/mol. The molecule has 10 heteroatoms. The molecule has 0 unspecified atom stereocenters. The zero-order valence-corrected chi connectivity index (χ0v) is 16.8. The van der Waals surface area contributed by atoms with Crippen molar-refractivity contribution in [2.75, 3.05) is 18.9 Å². The van der Waals surface area contributed by atoms with Crippen molar-refractivity contribution in [1.82, 2.24) is 4.98 Å². The Morgan fingerprint density at radius 3 is 2.43 bits per heavy atom. The number of hydrogen-bond donors (Lipinski definition) is 1. The lowest BCUT2D eigenvalue weighted by Gasteiger charge is -2.14. The van der Waals surface area contributed by atoms with E-state index in [2.05, 4.69) is 4.98 Å². The molecule has 1 heterocycles. The predicted octanol–water partition coefficient (Wildman–Crippen LogP) is 3.91. The molecule has 0 atom stereocenters. The van der Waals surface area contributed by atoms with Gasteiger partial charge in [-0.2, -0.15) is 4.39 Å². The van der Waals surface area contributed by atoms with E-state index in [4.69, 9.17) is 9.47 Å². The standard InChI is InChI=1S/C20H17F3N2O4S/c1-28-13-7-6-12(16(11-13)29-2)10-14-15(21)8-9-17(20(14)23)30(26,27)25-19-5-3-4-18(22)24-19/h3-9,11H,10H2,1-2H3,(H,24,25). The van der Waals surface area contributed by atoms with Crippen molar-refractivity contribution in [2.45, 2.75) is 11.3 Å². The lowest BCUT2D eigenvalue weighted by molar-refractivity contribution is 0.391. The number of nitrogens with one attached hydrogen (secondary N) is 1. The SMILES string of the molecule is COc1ccc(Cc2c(F)ccc(S(=O)(=O)Nc3cccc(F)n3)c2F)c(OC)c1. The van der Waals surface area contributed by atoms with Gasteiger partial charge in [0.1, 0.15) is 33.8 Å². The molecular weight excluding hydrogens is 421 g/mol. The van der Waals surface area contributed by atoms with Gasteiger partial charge in [-0.15, -0.1) is 0 Å². The van der Waals surface area contributed by atoms with E-state index >= 15 is 4.39 Å². The minimum absolute atomic E-state index is 0.271. The molecule has 158 valence electrons. The molecule has 2 aromatic carbocycles. The van der Waals surface area contributed by atoms with Crippen LogP contribution in [0.25, 0.3) is 0 Å². The zero-order chi connectivity index (χ0) is 21.9. The summed E-state index contributed by atoms with van der Waals surface area (Å²) in [5, 5.41) is 0. The van der Waals surface area contributed by atoms with Gasteiger partial charge in [-0.3, -0.25) is 4.72 Å². The molecular formula is C20H17F3N2O4S. The maximum Gasteiger partial charge on any atom is 0.265 e. The summed E-state index contributed by atoms with van der Waals surface area (Å²) in [6, 6.07) is 9.80. The highest BCUT2D eigenvalue weighted by molar-refractivity contribution is 7.92. The van der Waals surface area contributed by atoms with Crippen LogP contribution >= 0.6 is 0 Å². The van der Waals surface area contributed by atoms with Crippen molar-refractivity contribution >= 4 is 15.8 Å². The molecule has 0 fully saturated rings. The highest BCUT2D eigenvalue weighted by atomic mass is 32.2. The van der Waals surface area contributed by atoms with Crippen molar-refractivity contribution in [1.29, 1.82) is 0 Å². The summed E-state index contributed by atoms with van der Waals surface area (Å²) in [5.41, 5.74) is -0.0426. The largest absolute Gasteiger partial charge is 0.497 e. The van der Waals surface area contributed by atoms with Crippen molar-refractivity contribution in [3.63, 3.8) is 0 Å². The molecule has 30 heavy (non-hydrogen) atoms. The van der Waals surface area contributed by atoms with Crippen LogP contribution in [-0.2, 0) is 16.4 Å². The first-order chi connectivity index (χ1) is 14.2. The molecule has 0 aliphatic heterocycles. The van der Waals surface area contributed by atoms with Crippen LogP contribution in [0.2, 0.25) is 0 Å². The Labute approximate surface area is 171 Å². The van der Waals surface area contributed by atoms with Crippen LogP contribution in [0.1, 0.15) is 11.1 Å². The molecule has 0 aliphatic rings. The molecule has 0 radical (unpaired) electrons. The van der Waals surface area contributed by atoms with Crippen molar-refractivity contribution in [3.05, 3.63) is 77.2 Å². The van der Waals surface area contributed by atoms with Gasteiger partial charge >= 0.3 is 0 Å². The second-order valence-corrected chi connectivity index (χ2v) is 7.79. The van der Waals surface area contributed by atoms with Gasteiger partial charge in [0.15, 0.2) is 0 Å². The minimum Gasteiger partial charge on any atom is -0.497 e.